The van der Waals surface area contributed by atoms with Gasteiger partial charge in [0, 0.05) is 70.2 Å². The lowest BCUT2D eigenvalue weighted by molar-refractivity contribution is 0.0172. The van der Waals surface area contributed by atoms with Crippen molar-refractivity contribution in [2.75, 3.05) is 13.1 Å². The number of benzene rings is 4. The maximum absolute atomic E-state index is 12.7. The Balaban J connectivity index is 0.626. The van der Waals surface area contributed by atoms with Crippen molar-refractivity contribution in [3.8, 4) is 33.8 Å². The molecule has 0 aliphatic heterocycles. The minimum atomic E-state index is -0.396. The Morgan fingerprint density at radius 3 is 1.43 bits per heavy atom. The molecular weight excluding hydrogens is 940 g/mol. The Labute approximate surface area is 435 Å². The zero-order chi connectivity index (χ0) is 49.5. The lowest BCUT2D eigenvalue weighted by atomic mass is 9.94. The van der Waals surface area contributed by atoms with Gasteiger partial charge in [-0.05, 0) is 159 Å². The van der Waals surface area contributed by atoms with Crippen LogP contribution in [0.4, 0.5) is 4.79 Å². The third kappa shape index (κ3) is 12.5. The van der Waals surface area contributed by atoms with Crippen LogP contribution in [0.3, 0.4) is 0 Å². The van der Waals surface area contributed by atoms with E-state index in [0.717, 1.165) is 146 Å². The van der Waals surface area contributed by atoms with E-state index in [-0.39, 0.29) is 6.03 Å². The number of hydrogen-bond donors (Lipinski definition) is 2. The van der Waals surface area contributed by atoms with Gasteiger partial charge in [-0.25, -0.2) is 4.79 Å². The quantitative estimate of drug-likeness (QED) is 0.0522. The minimum absolute atomic E-state index is 0.105. The summed E-state index contributed by atoms with van der Waals surface area (Å²) in [7, 11) is 0. The van der Waals surface area contributed by atoms with E-state index in [9.17, 15) is 4.79 Å². The van der Waals surface area contributed by atoms with Crippen LogP contribution in [0, 0.1) is 0 Å². The van der Waals surface area contributed by atoms with E-state index in [2.05, 4.69) is 107 Å². The van der Waals surface area contributed by atoms with Crippen LogP contribution in [0.2, 0.25) is 10.0 Å². The molecule has 4 aromatic carbocycles. The molecule has 6 aromatic rings. The Kier molecular flexibility index (Phi) is 15.8. The Bertz CT molecular complexity index is 2630. The van der Waals surface area contributed by atoms with E-state index in [0.29, 0.717) is 60.4 Å². The highest BCUT2D eigenvalue weighted by Gasteiger charge is 2.49. The van der Waals surface area contributed by atoms with Crippen LogP contribution in [-0.4, -0.2) is 41.3 Å². The number of amides is 2. The molecule has 4 aliphatic rings. The number of para-hydroxylation sites is 2. The standard InChI is InChI=1S/C61H68Cl2N4O5/c1-41(43-17-23-55(62)45(35-43)39-69-60(27-28-60)53-37-64-33-25-49(53)51-13-3-5-15-57(51)71-47-19-20-47)11-7-9-31-66-59(68)67-32-10-8-12-42(2)44-18-24-56(63)46(36-44)40-70-61(29-30-61)54-38-65-34-26-50(54)52-14-4-6-16-58(52)72-48-21-22-48/h3-6,13-18,23-26,33-38,41-42,47-48H,7-12,19-22,27-32,39-40H2,1-2H3,(H2,66,67,68)/t41-,42-/m0/s1. The van der Waals surface area contributed by atoms with Gasteiger partial charge in [0.05, 0.1) is 36.6 Å². The Hall–Kier alpha value is -5.45. The number of rotatable bonds is 26. The topological polar surface area (TPSA) is 104 Å². The molecule has 0 radical (unpaired) electrons. The van der Waals surface area contributed by atoms with Crippen molar-refractivity contribution in [3.63, 3.8) is 0 Å². The van der Waals surface area contributed by atoms with Gasteiger partial charge in [-0.2, -0.15) is 0 Å². The molecule has 9 nitrogen and oxygen atoms in total. The fraction of sp³-hybridized carbons (Fsp3) is 0.426. The fourth-order valence-electron chi connectivity index (χ4n) is 9.92. The van der Waals surface area contributed by atoms with Gasteiger partial charge in [-0.1, -0.05) is 111 Å². The summed E-state index contributed by atoms with van der Waals surface area (Å²) in [6, 6.07) is 33.3. The number of carbonyl (C=O) groups is 1. The summed E-state index contributed by atoms with van der Waals surface area (Å²) in [6.45, 7) is 6.65. The molecule has 376 valence electrons. The van der Waals surface area contributed by atoms with E-state index in [1.54, 1.807) is 0 Å². The summed E-state index contributed by atoms with van der Waals surface area (Å²) >= 11 is 13.6. The number of nitrogens with zero attached hydrogens (tertiary/aromatic N) is 2. The van der Waals surface area contributed by atoms with E-state index >= 15 is 0 Å². The number of aromatic nitrogens is 2. The van der Waals surface area contributed by atoms with Crippen LogP contribution in [0.15, 0.2) is 122 Å². The molecule has 4 saturated carbocycles. The second-order valence-electron chi connectivity index (χ2n) is 20.7. The lowest BCUT2D eigenvalue weighted by Crippen LogP contribution is -2.36. The smallest absolute Gasteiger partial charge is 0.314 e. The van der Waals surface area contributed by atoms with Crippen LogP contribution in [0.25, 0.3) is 22.3 Å². The molecule has 2 aromatic heterocycles. The molecule has 11 heteroatoms. The summed E-state index contributed by atoms with van der Waals surface area (Å²) < 4.78 is 26.1. The Morgan fingerprint density at radius 2 is 1.01 bits per heavy atom. The first-order valence-electron chi connectivity index (χ1n) is 26.4. The molecule has 0 unspecified atom stereocenters. The van der Waals surface area contributed by atoms with E-state index in [1.807, 2.05) is 49.1 Å². The predicted octanol–water partition coefficient (Wildman–Crippen LogP) is 15.2. The fourth-order valence-corrected chi connectivity index (χ4v) is 10.3. The molecule has 2 N–H and O–H groups in total. The third-order valence-electron chi connectivity index (χ3n) is 15.0. The number of ether oxygens (including phenoxy) is 4. The average Bonchev–Trinajstić information content (AvgIpc) is 4.17. The predicted molar refractivity (Wildman–Crippen MR) is 287 cm³/mol. The largest absolute Gasteiger partial charge is 0.490 e. The zero-order valence-corrected chi connectivity index (χ0v) is 43.3. The van der Waals surface area contributed by atoms with Crippen LogP contribution in [0.1, 0.15) is 149 Å². The highest BCUT2D eigenvalue weighted by Crippen LogP contribution is 2.55. The molecule has 2 atom stereocenters. The molecule has 4 aliphatic carbocycles. The monoisotopic (exact) mass is 1010 g/mol. The minimum Gasteiger partial charge on any atom is -0.490 e. The highest BCUT2D eigenvalue weighted by atomic mass is 35.5. The van der Waals surface area contributed by atoms with Gasteiger partial charge in [0.25, 0.3) is 0 Å². The summed E-state index contributed by atoms with van der Waals surface area (Å²) in [5.41, 5.74) is 10.3. The molecule has 4 fully saturated rings. The molecule has 2 amide bonds. The van der Waals surface area contributed by atoms with Gasteiger partial charge in [-0.15, -0.1) is 0 Å². The summed E-state index contributed by atoms with van der Waals surface area (Å²) in [5.74, 6) is 2.53. The second kappa shape index (κ2) is 22.8. The van der Waals surface area contributed by atoms with Gasteiger partial charge in [-0.3, -0.25) is 9.97 Å². The van der Waals surface area contributed by atoms with Gasteiger partial charge in [0.1, 0.15) is 11.5 Å². The van der Waals surface area contributed by atoms with Gasteiger partial charge in [0.2, 0.25) is 0 Å². The zero-order valence-electron chi connectivity index (χ0n) is 41.8. The summed E-state index contributed by atoms with van der Waals surface area (Å²) in [5, 5.41) is 7.55. The van der Waals surface area contributed by atoms with Crippen molar-refractivity contribution in [1.29, 1.82) is 0 Å². The van der Waals surface area contributed by atoms with Crippen LogP contribution in [-0.2, 0) is 33.9 Å². The first kappa shape index (κ1) is 50.1. The molecule has 0 bridgehead atoms. The van der Waals surface area contributed by atoms with Crippen molar-refractivity contribution in [2.24, 2.45) is 0 Å². The first-order chi connectivity index (χ1) is 35.2. The maximum Gasteiger partial charge on any atom is 0.314 e. The van der Waals surface area contributed by atoms with Crippen molar-refractivity contribution in [2.45, 2.75) is 152 Å². The van der Waals surface area contributed by atoms with Crippen LogP contribution < -0.4 is 20.1 Å². The van der Waals surface area contributed by atoms with E-state index in [4.69, 9.17) is 42.1 Å². The van der Waals surface area contributed by atoms with E-state index < -0.39 is 11.2 Å². The number of pyridine rings is 2. The summed E-state index contributed by atoms with van der Waals surface area (Å²) in [4.78, 5) is 21.7. The first-order valence-corrected chi connectivity index (χ1v) is 27.2. The highest BCUT2D eigenvalue weighted by molar-refractivity contribution is 6.31. The average molecular weight is 1010 g/mol. The SMILES string of the molecule is C[C@@H](CCCCNC(=O)NCCCC[C@H](C)c1ccc(Cl)c(COC2(c3cnccc3-c3ccccc3OC3CC3)CC2)c1)c1ccc(Cl)c(COC2(c3cnccc3-c3ccccc3OC3CC3)CC2)c1. The van der Waals surface area contributed by atoms with Crippen molar-refractivity contribution in [1.82, 2.24) is 20.6 Å². The molecule has 2 heterocycles. The molecule has 10 rings (SSSR count). The van der Waals surface area contributed by atoms with Gasteiger partial charge in [0.15, 0.2) is 0 Å². The van der Waals surface area contributed by atoms with Crippen LogP contribution in [0.5, 0.6) is 11.5 Å². The number of nitrogens with one attached hydrogen (secondary N) is 2. The number of urea groups is 1. The Morgan fingerprint density at radius 1 is 0.583 bits per heavy atom. The molecule has 0 saturated heterocycles. The van der Waals surface area contributed by atoms with Crippen molar-refractivity contribution >= 4 is 29.2 Å². The molecular formula is C61H68Cl2N4O5. The number of halogens is 2. The van der Waals surface area contributed by atoms with Crippen molar-refractivity contribution < 1.29 is 23.7 Å². The second-order valence-corrected chi connectivity index (χ2v) is 21.5. The van der Waals surface area contributed by atoms with E-state index in [1.165, 1.54) is 11.1 Å². The molecule has 0 spiro atoms. The third-order valence-corrected chi connectivity index (χ3v) is 15.7. The number of carbonyl (C=O) groups excluding carboxylic acids is 1. The van der Waals surface area contributed by atoms with Gasteiger partial charge >= 0.3 is 6.03 Å². The summed E-state index contributed by atoms with van der Waals surface area (Å²) in [6.07, 6.45) is 22.3. The lowest BCUT2D eigenvalue weighted by Gasteiger charge is -2.22. The maximum atomic E-state index is 12.7. The van der Waals surface area contributed by atoms with Crippen LogP contribution >= 0.6 is 23.2 Å². The van der Waals surface area contributed by atoms with Gasteiger partial charge < -0.3 is 29.6 Å². The number of hydrogen-bond acceptors (Lipinski definition) is 7. The van der Waals surface area contributed by atoms with Crippen molar-refractivity contribution in [3.05, 3.63) is 165 Å². The molecule has 72 heavy (non-hydrogen) atoms. The number of unbranched alkanes of at least 4 members (excludes halogenated alkanes) is 2. The normalized spacial score (nSPS) is 17.2.